The lowest BCUT2D eigenvalue weighted by Crippen LogP contribution is -1.75. The van der Waals surface area contributed by atoms with Crippen LogP contribution in [0.15, 0.2) is 29.2 Å². The van der Waals surface area contributed by atoms with E-state index < -0.39 is 10.1 Å². The van der Waals surface area contributed by atoms with Gasteiger partial charge in [0.15, 0.2) is 5.62 Å². The summed E-state index contributed by atoms with van der Waals surface area (Å²) in [7, 11) is 4.54. The third-order valence-corrected chi connectivity index (χ3v) is 3.22. The molecule has 0 bridgehead atoms. The van der Waals surface area contributed by atoms with E-state index in [-0.39, 0.29) is 0 Å². The van der Waals surface area contributed by atoms with Crippen LogP contribution >= 0.6 is 32.4 Å². The molecule has 0 amide bonds. The fraction of sp³-hybridized carbons (Fsp3) is 0. The largest absolute Gasteiger partial charge is 0.291 e. The molecule has 1 aromatic carbocycles. The Balaban J connectivity index is 2.89. The molecule has 1 atom stereocenters. The lowest BCUT2D eigenvalue weighted by Gasteiger charge is -2.03. The van der Waals surface area contributed by atoms with Crippen LogP contribution in [-0.2, 0) is 4.79 Å². The zero-order chi connectivity index (χ0) is 8.27. The monoisotopic (exact) mass is 208 g/mol. The number of thiol groups is 1. The molecule has 0 spiro atoms. The fourth-order valence-corrected chi connectivity index (χ4v) is 1.66. The highest BCUT2D eigenvalue weighted by molar-refractivity contribution is 8.45. The molecule has 0 aromatic heterocycles. The predicted molar refractivity (Wildman–Crippen MR) is 51.3 cm³/mol. The smallest absolute Gasteiger partial charge is 0.173 e. The van der Waals surface area contributed by atoms with Gasteiger partial charge in [-0.05, 0) is 24.3 Å². The maximum absolute atomic E-state index is 10.3. The van der Waals surface area contributed by atoms with Crippen molar-refractivity contribution in [1.29, 1.82) is 0 Å². The molecule has 0 saturated carbocycles. The standard InChI is InChI=1S/C7H6Cl2OS/c8-6-1-3-7(4-2-6)11(9)5-10/h1-5,11H. The number of halogens is 2. The van der Waals surface area contributed by atoms with Crippen LogP contribution in [0.1, 0.15) is 0 Å². The highest BCUT2D eigenvalue weighted by Crippen LogP contribution is 2.37. The van der Waals surface area contributed by atoms with Gasteiger partial charge >= 0.3 is 0 Å². The molecule has 0 radical (unpaired) electrons. The molecule has 0 N–H and O–H groups in total. The van der Waals surface area contributed by atoms with Gasteiger partial charge in [0.05, 0.1) is 0 Å². The second-order valence-corrected chi connectivity index (χ2v) is 4.77. The van der Waals surface area contributed by atoms with Crippen molar-refractivity contribution in [1.82, 2.24) is 0 Å². The predicted octanol–water partition coefficient (Wildman–Crippen LogP) is 3.04. The van der Waals surface area contributed by atoms with Crippen LogP contribution in [0.2, 0.25) is 5.02 Å². The van der Waals surface area contributed by atoms with Crippen molar-refractivity contribution in [3.8, 4) is 0 Å². The summed E-state index contributed by atoms with van der Waals surface area (Å²) in [5.74, 6) is 0. The number of benzene rings is 1. The van der Waals surface area contributed by atoms with Crippen molar-refractivity contribution in [2.45, 2.75) is 4.90 Å². The first-order valence-corrected chi connectivity index (χ1v) is 5.59. The summed E-state index contributed by atoms with van der Waals surface area (Å²) in [6, 6.07) is 6.96. The highest BCUT2D eigenvalue weighted by atomic mass is 35.7. The minimum atomic E-state index is -1.15. The van der Waals surface area contributed by atoms with Gasteiger partial charge in [0.1, 0.15) is 0 Å². The number of hydrogen-bond donors (Lipinski definition) is 1. The molecule has 0 aliphatic rings. The van der Waals surface area contributed by atoms with E-state index in [0.717, 1.165) is 10.5 Å². The van der Waals surface area contributed by atoms with Crippen LogP contribution in [0.5, 0.6) is 0 Å². The van der Waals surface area contributed by atoms with Gasteiger partial charge < -0.3 is 0 Å². The van der Waals surface area contributed by atoms with Gasteiger partial charge in [-0.25, -0.2) is 0 Å². The molecule has 60 valence electrons. The van der Waals surface area contributed by atoms with Crippen molar-refractivity contribution in [2.24, 2.45) is 0 Å². The molecule has 1 unspecified atom stereocenters. The van der Waals surface area contributed by atoms with Gasteiger partial charge in [0.25, 0.3) is 0 Å². The zero-order valence-electron chi connectivity index (χ0n) is 5.50. The Bertz CT molecular complexity index is 247. The minimum absolute atomic E-state index is 0.653. The molecule has 0 aliphatic carbocycles. The van der Waals surface area contributed by atoms with Crippen molar-refractivity contribution in [3.63, 3.8) is 0 Å². The van der Waals surface area contributed by atoms with Gasteiger partial charge in [0.2, 0.25) is 0 Å². The SMILES string of the molecule is O=C[SH](Cl)c1ccc(Cl)cc1. The average molecular weight is 209 g/mol. The van der Waals surface area contributed by atoms with Gasteiger partial charge in [-0.15, -0.1) is 0 Å². The molecule has 4 heteroatoms. The third kappa shape index (κ3) is 2.40. The maximum atomic E-state index is 10.3. The van der Waals surface area contributed by atoms with E-state index in [1.54, 1.807) is 24.3 Å². The third-order valence-electron chi connectivity index (χ3n) is 1.17. The lowest BCUT2D eigenvalue weighted by molar-refractivity contribution is 0.570. The zero-order valence-corrected chi connectivity index (χ0v) is 7.90. The summed E-state index contributed by atoms with van der Waals surface area (Å²) in [6.07, 6.45) is 0. The summed E-state index contributed by atoms with van der Waals surface area (Å²) in [5, 5.41) is 0.653. The number of hydrogen-bond acceptors (Lipinski definition) is 1. The van der Waals surface area contributed by atoms with Crippen LogP contribution in [-0.4, -0.2) is 5.62 Å². The second kappa shape index (κ2) is 4.00. The molecule has 0 fully saturated rings. The van der Waals surface area contributed by atoms with E-state index in [2.05, 4.69) is 0 Å². The molecule has 1 nitrogen and oxygen atoms in total. The van der Waals surface area contributed by atoms with E-state index in [4.69, 9.17) is 22.3 Å². The molecule has 11 heavy (non-hydrogen) atoms. The van der Waals surface area contributed by atoms with Crippen LogP contribution in [0.4, 0.5) is 0 Å². The van der Waals surface area contributed by atoms with Gasteiger partial charge in [-0.2, -0.15) is 0 Å². The average Bonchev–Trinajstić information content (AvgIpc) is 2.05. The molecule has 1 aromatic rings. The summed E-state index contributed by atoms with van der Waals surface area (Å²) >= 11 is 5.64. The van der Waals surface area contributed by atoms with Crippen molar-refractivity contribution in [3.05, 3.63) is 29.3 Å². The van der Waals surface area contributed by atoms with Crippen LogP contribution < -0.4 is 0 Å². The van der Waals surface area contributed by atoms with Crippen LogP contribution in [0.25, 0.3) is 0 Å². The second-order valence-electron chi connectivity index (χ2n) is 1.89. The topological polar surface area (TPSA) is 17.1 Å². The number of carbonyl (C=O) groups excluding carboxylic acids is 1. The molecule has 0 saturated heterocycles. The van der Waals surface area contributed by atoms with E-state index in [9.17, 15) is 4.79 Å². The van der Waals surface area contributed by atoms with E-state index >= 15 is 0 Å². The van der Waals surface area contributed by atoms with E-state index in [1.807, 2.05) is 0 Å². The Hall–Kier alpha value is -0.180. The first kappa shape index (κ1) is 8.91. The van der Waals surface area contributed by atoms with E-state index in [0.29, 0.717) is 5.02 Å². The fourth-order valence-electron chi connectivity index (χ4n) is 0.644. The summed E-state index contributed by atoms with van der Waals surface area (Å²) in [5.41, 5.74) is 0.750. The summed E-state index contributed by atoms with van der Waals surface area (Å²) in [6.45, 7) is 0. The number of rotatable bonds is 2. The molecule has 0 aliphatic heterocycles. The molecular formula is C7H6Cl2OS. The van der Waals surface area contributed by atoms with Crippen LogP contribution in [0.3, 0.4) is 0 Å². The Morgan fingerprint density at radius 3 is 2.27 bits per heavy atom. The Labute approximate surface area is 77.2 Å². The Morgan fingerprint density at radius 2 is 1.82 bits per heavy atom. The number of carbonyl (C=O) groups is 1. The van der Waals surface area contributed by atoms with Crippen molar-refractivity contribution < 1.29 is 4.79 Å². The lowest BCUT2D eigenvalue weighted by atomic mass is 10.4. The summed E-state index contributed by atoms with van der Waals surface area (Å²) < 4.78 is 0. The Morgan fingerprint density at radius 1 is 1.27 bits per heavy atom. The van der Waals surface area contributed by atoms with Crippen LogP contribution in [0, 0.1) is 0 Å². The van der Waals surface area contributed by atoms with Crippen molar-refractivity contribution >= 4 is 38.0 Å². The highest BCUT2D eigenvalue weighted by Gasteiger charge is 1.99. The molecule has 1 rings (SSSR count). The normalized spacial score (nSPS) is 14.2. The molecular weight excluding hydrogens is 203 g/mol. The summed E-state index contributed by atoms with van der Waals surface area (Å²) in [4.78, 5) is 11.1. The Kier molecular flexibility index (Phi) is 3.24. The first-order valence-electron chi connectivity index (χ1n) is 2.90. The maximum Gasteiger partial charge on any atom is 0.173 e. The van der Waals surface area contributed by atoms with E-state index in [1.165, 1.54) is 0 Å². The van der Waals surface area contributed by atoms with Gasteiger partial charge in [0, 0.05) is 9.92 Å². The quantitative estimate of drug-likeness (QED) is 0.585. The first-order chi connectivity index (χ1) is 5.24. The molecule has 0 heterocycles. The van der Waals surface area contributed by atoms with Crippen molar-refractivity contribution in [2.75, 3.05) is 0 Å². The van der Waals surface area contributed by atoms with Gasteiger partial charge in [-0.3, -0.25) is 4.79 Å². The van der Waals surface area contributed by atoms with Gasteiger partial charge in [-0.1, -0.05) is 32.4 Å². The minimum Gasteiger partial charge on any atom is -0.291 e.